The molecule has 2 fully saturated rings. The fraction of sp³-hybridized carbons (Fsp3) is 0.615. The number of rotatable bonds is 2. The van der Waals surface area contributed by atoms with Crippen molar-refractivity contribution in [3.63, 3.8) is 0 Å². The van der Waals surface area contributed by atoms with E-state index in [9.17, 15) is 5.11 Å². The SMILES string of the molecule is CC1(C)O[C@@H]2[C@H](O1)[C@@H](CO)O[C@H]2n1cnc2c(N)n[c-]nc21.[Y]. The third-order valence-corrected chi connectivity index (χ3v) is 3.92. The van der Waals surface area contributed by atoms with Crippen LogP contribution in [0.25, 0.3) is 11.2 Å². The summed E-state index contributed by atoms with van der Waals surface area (Å²) in [6.07, 6.45) is 2.34. The molecule has 2 saturated heterocycles. The molecule has 0 amide bonds. The maximum atomic E-state index is 9.52. The van der Waals surface area contributed by atoms with E-state index in [4.69, 9.17) is 19.9 Å². The van der Waals surface area contributed by atoms with Crippen LogP contribution in [0.3, 0.4) is 0 Å². The van der Waals surface area contributed by atoms with Gasteiger partial charge >= 0.3 is 0 Å². The first-order chi connectivity index (χ1) is 10.5. The molecule has 23 heavy (non-hydrogen) atoms. The molecule has 3 N–H and O–H groups in total. The Bertz CT molecular complexity index is 723. The minimum atomic E-state index is -0.735. The molecule has 2 aromatic rings. The van der Waals surface area contributed by atoms with Crippen LogP contribution in [0.5, 0.6) is 0 Å². The van der Waals surface area contributed by atoms with Gasteiger partial charge in [-0.1, -0.05) is 0 Å². The van der Waals surface area contributed by atoms with E-state index in [1.807, 2.05) is 13.8 Å². The first kappa shape index (κ1) is 17.1. The molecule has 0 aromatic carbocycles. The molecule has 4 rings (SSSR count). The van der Waals surface area contributed by atoms with Crippen LogP contribution in [0.2, 0.25) is 0 Å². The summed E-state index contributed by atoms with van der Waals surface area (Å²) in [5.41, 5.74) is 6.76. The number of nitrogens with two attached hydrogens (primary N) is 1. The second kappa shape index (κ2) is 5.98. The molecular weight excluding hydrogens is 379 g/mol. The maximum Gasteiger partial charge on any atom is 0.164 e. The Morgan fingerprint density at radius 3 is 2.83 bits per heavy atom. The number of aromatic nitrogens is 4. The van der Waals surface area contributed by atoms with Crippen molar-refractivity contribution in [1.29, 1.82) is 0 Å². The van der Waals surface area contributed by atoms with Crippen molar-refractivity contribution in [1.82, 2.24) is 19.5 Å². The van der Waals surface area contributed by atoms with E-state index in [1.165, 1.54) is 0 Å². The van der Waals surface area contributed by atoms with Crippen LogP contribution in [0.4, 0.5) is 5.82 Å². The van der Waals surface area contributed by atoms with Crippen molar-refractivity contribution < 1.29 is 52.0 Å². The van der Waals surface area contributed by atoms with E-state index in [0.717, 1.165) is 0 Å². The van der Waals surface area contributed by atoms with E-state index in [2.05, 4.69) is 21.3 Å². The van der Waals surface area contributed by atoms with Gasteiger partial charge < -0.3 is 39.6 Å². The van der Waals surface area contributed by atoms with Crippen LogP contribution in [-0.4, -0.2) is 55.3 Å². The molecular formula is C13H16N5O4Y-. The standard InChI is InChI=1S/C13H16N5O4.Y/c1-13(2)21-8-6(3-19)20-12(9(8)22-13)18-5-17-7-10(14)15-4-16-11(7)18;/h5-6,8-9,12,19H,3H2,1-2H3,(H2,14,15,16);/q-1;/t6-,8-,9-,12-;/m1./s1. The minimum absolute atomic E-state index is 0. The van der Waals surface area contributed by atoms with Crippen molar-refractivity contribution >= 4 is 17.0 Å². The number of fused-ring (bicyclic) bond motifs is 2. The summed E-state index contributed by atoms with van der Waals surface area (Å²) < 4.78 is 19.3. The van der Waals surface area contributed by atoms with Gasteiger partial charge in [0, 0.05) is 50.4 Å². The molecule has 121 valence electrons. The zero-order valence-corrected chi connectivity index (χ0v) is 15.5. The second-order valence-electron chi connectivity index (χ2n) is 5.85. The van der Waals surface area contributed by atoms with Crippen LogP contribution in [0.15, 0.2) is 6.33 Å². The Hall–Kier alpha value is -0.706. The van der Waals surface area contributed by atoms with Gasteiger partial charge in [0.2, 0.25) is 0 Å². The second-order valence-corrected chi connectivity index (χ2v) is 5.85. The monoisotopic (exact) mass is 395 g/mol. The predicted molar refractivity (Wildman–Crippen MR) is 73.4 cm³/mol. The molecule has 9 nitrogen and oxygen atoms in total. The molecule has 1 radical (unpaired) electrons. The van der Waals surface area contributed by atoms with Gasteiger partial charge in [0.15, 0.2) is 12.0 Å². The first-order valence-electron chi connectivity index (χ1n) is 6.98. The van der Waals surface area contributed by atoms with Crippen LogP contribution in [-0.2, 0) is 46.9 Å². The number of aliphatic hydroxyl groups is 1. The topological polar surface area (TPSA) is 118 Å². The zero-order valence-electron chi connectivity index (χ0n) is 12.7. The molecule has 10 heteroatoms. The van der Waals surface area contributed by atoms with Crippen molar-refractivity contribution in [2.45, 2.75) is 44.2 Å². The van der Waals surface area contributed by atoms with Gasteiger partial charge in [-0.15, -0.1) is 0 Å². The minimum Gasteiger partial charge on any atom is -0.433 e. The summed E-state index contributed by atoms with van der Waals surface area (Å²) in [7, 11) is 0. The Balaban J connectivity index is 0.00000156. The molecule has 0 spiro atoms. The molecule has 4 heterocycles. The zero-order chi connectivity index (χ0) is 15.5. The number of ether oxygens (including phenoxy) is 3. The third kappa shape index (κ3) is 2.69. The Morgan fingerprint density at radius 1 is 1.35 bits per heavy atom. The van der Waals surface area contributed by atoms with Crippen LogP contribution >= 0.6 is 0 Å². The summed E-state index contributed by atoms with van der Waals surface area (Å²) in [4.78, 5) is 12.1. The molecule has 0 bridgehead atoms. The van der Waals surface area contributed by atoms with E-state index in [1.54, 1.807) is 10.9 Å². The number of hydrogen-bond donors (Lipinski definition) is 2. The van der Waals surface area contributed by atoms with Gasteiger partial charge in [-0.2, -0.15) is 0 Å². The van der Waals surface area contributed by atoms with Crippen LogP contribution in [0.1, 0.15) is 20.1 Å². The molecule has 4 atom stereocenters. The Labute approximate surface area is 157 Å². The number of nitrogens with zero attached hydrogens (tertiary/aromatic N) is 4. The van der Waals surface area contributed by atoms with Gasteiger partial charge in [0.25, 0.3) is 0 Å². The van der Waals surface area contributed by atoms with Crippen molar-refractivity contribution in [2.75, 3.05) is 12.3 Å². The van der Waals surface area contributed by atoms with Gasteiger partial charge in [-0.05, 0) is 13.8 Å². The number of imidazole rings is 1. The number of anilines is 1. The third-order valence-electron chi connectivity index (χ3n) is 3.92. The summed E-state index contributed by atoms with van der Waals surface area (Å²) in [6.45, 7) is 3.50. The number of aliphatic hydroxyl groups excluding tert-OH is 1. The summed E-state index contributed by atoms with van der Waals surface area (Å²) in [6, 6.07) is 0. The summed E-state index contributed by atoms with van der Waals surface area (Å²) >= 11 is 0. The van der Waals surface area contributed by atoms with Crippen molar-refractivity contribution in [3.8, 4) is 0 Å². The molecule has 2 aliphatic heterocycles. The van der Waals surface area contributed by atoms with Gasteiger partial charge in [0.05, 0.1) is 18.6 Å². The average Bonchev–Trinajstić information content (AvgIpc) is 3.10. The Kier molecular flexibility index (Phi) is 4.45. The van der Waals surface area contributed by atoms with E-state index in [-0.39, 0.29) is 57.3 Å². The van der Waals surface area contributed by atoms with E-state index >= 15 is 0 Å². The van der Waals surface area contributed by atoms with E-state index in [0.29, 0.717) is 11.2 Å². The molecule has 0 unspecified atom stereocenters. The Morgan fingerprint density at radius 2 is 2.09 bits per heavy atom. The first-order valence-corrected chi connectivity index (χ1v) is 6.98. The van der Waals surface area contributed by atoms with Crippen LogP contribution < -0.4 is 5.73 Å². The van der Waals surface area contributed by atoms with Crippen molar-refractivity contribution in [2.24, 2.45) is 0 Å². The van der Waals surface area contributed by atoms with Gasteiger partial charge in [-0.3, -0.25) is 4.98 Å². The molecule has 2 aliphatic rings. The smallest absolute Gasteiger partial charge is 0.164 e. The molecule has 0 saturated carbocycles. The predicted octanol–water partition coefficient (Wildman–Crippen LogP) is -0.384. The fourth-order valence-electron chi connectivity index (χ4n) is 3.04. The molecule has 0 aliphatic carbocycles. The van der Waals surface area contributed by atoms with Gasteiger partial charge in [0.1, 0.15) is 18.3 Å². The van der Waals surface area contributed by atoms with Crippen molar-refractivity contribution in [3.05, 3.63) is 12.7 Å². The largest absolute Gasteiger partial charge is 0.433 e. The number of hydrogen-bond acceptors (Lipinski definition) is 8. The molecule has 2 aromatic heterocycles. The quantitative estimate of drug-likeness (QED) is 0.661. The summed E-state index contributed by atoms with van der Waals surface area (Å²) in [5, 5.41) is 9.52. The van der Waals surface area contributed by atoms with Crippen LogP contribution in [0, 0.1) is 6.33 Å². The maximum absolute atomic E-state index is 9.52. The normalized spacial score (nSPS) is 32.0. The average molecular weight is 395 g/mol. The number of nitrogen functional groups attached to an aromatic ring is 1. The van der Waals surface area contributed by atoms with E-state index < -0.39 is 18.1 Å². The van der Waals surface area contributed by atoms with Gasteiger partial charge in [-0.25, -0.2) is 0 Å². The fourth-order valence-corrected chi connectivity index (χ4v) is 3.04. The summed E-state index contributed by atoms with van der Waals surface area (Å²) in [5.74, 6) is -0.484.